The van der Waals surface area contributed by atoms with E-state index in [1.807, 2.05) is 6.07 Å². The zero-order valence-electron chi connectivity index (χ0n) is 9.85. The van der Waals surface area contributed by atoms with Crippen LogP contribution in [0.5, 0.6) is 0 Å². The zero-order chi connectivity index (χ0) is 11.7. The summed E-state index contributed by atoms with van der Waals surface area (Å²) in [7, 11) is 0. The van der Waals surface area contributed by atoms with Crippen molar-refractivity contribution >= 4 is 27.4 Å². The van der Waals surface area contributed by atoms with Gasteiger partial charge >= 0.3 is 0 Å². The monoisotopic (exact) mass is 248 g/mol. The first-order valence-electron chi connectivity index (χ1n) is 6.09. The van der Waals surface area contributed by atoms with Crippen molar-refractivity contribution in [1.29, 1.82) is 0 Å². The predicted molar refractivity (Wildman–Crippen MR) is 71.7 cm³/mol. The molecule has 0 radical (unpaired) electrons. The van der Waals surface area contributed by atoms with Crippen molar-refractivity contribution in [3.63, 3.8) is 0 Å². The Hall–Kier alpha value is -1.13. The van der Waals surface area contributed by atoms with Crippen LogP contribution in [0.25, 0.3) is 10.9 Å². The van der Waals surface area contributed by atoms with E-state index in [0.29, 0.717) is 12.1 Å². The normalized spacial score (nSPS) is 23.6. The Balaban J connectivity index is 1.66. The SMILES string of the molecule is CCOC1CC(Nc2snc3ccccc23)C1. The molecule has 17 heavy (non-hydrogen) atoms. The summed E-state index contributed by atoms with van der Waals surface area (Å²) in [6.45, 7) is 2.87. The van der Waals surface area contributed by atoms with Crippen LogP contribution in [0.1, 0.15) is 19.8 Å². The third-order valence-electron chi connectivity index (χ3n) is 3.22. The van der Waals surface area contributed by atoms with Crippen molar-refractivity contribution in [1.82, 2.24) is 4.37 Å². The van der Waals surface area contributed by atoms with Crippen LogP contribution in [0.15, 0.2) is 24.3 Å². The van der Waals surface area contributed by atoms with E-state index < -0.39 is 0 Å². The number of rotatable bonds is 4. The molecule has 0 aliphatic heterocycles. The summed E-state index contributed by atoms with van der Waals surface area (Å²) in [4.78, 5) is 0. The van der Waals surface area contributed by atoms with Gasteiger partial charge in [-0.15, -0.1) is 0 Å². The number of nitrogens with zero attached hydrogens (tertiary/aromatic N) is 1. The lowest BCUT2D eigenvalue weighted by atomic mass is 9.89. The van der Waals surface area contributed by atoms with E-state index in [1.165, 1.54) is 10.4 Å². The minimum absolute atomic E-state index is 0.455. The van der Waals surface area contributed by atoms with Crippen LogP contribution >= 0.6 is 11.5 Å². The van der Waals surface area contributed by atoms with E-state index in [9.17, 15) is 0 Å². The van der Waals surface area contributed by atoms with Crippen molar-refractivity contribution in [3.8, 4) is 0 Å². The van der Waals surface area contributed by atoms with Gasteiger partial charge in [0.2, 0.25) is 0 Å². The second-order valence-electron chi connectivity index (χ2n) is 4.42. The lowest BCUT2D eigenvalue weighted by molar-refractivity contribution is 0.00307. The largest absolute Gasteiger partial charge is 0.378 e. The number of fused-ring (bicyclic) bond motifs is 1. The Kier molecular flexibility index (Phi) is 2.99. The smallest absolute Gasteiger partial charge is 0.117 e. The topological polar surface area (TPSA) is 34.1 Å². The molecule has 1 fully saturated rings. The van der Waals surface area contributed by atoms with Gasteiger partial charge in [-0.1, -0.05) is 12.1 Å². The van der Waals surface area contributed by atoms with Crippen LogP contribution in [0.3, 0.4) is 0 Å². The maximum Gasteiger partial charge on any atom is 0.117 e. The summed E-state index contributed by atoms with van der Waals surface area (Å²) in [5.41, 5.74) is 1.08. The molecule has 0 atom stereocenters. The summed E-state index contributed by atoms with van der Waals surface area (Å²) in [6, 6.07) is 8.82. The summed E-state index contributed by atoms with van der Waals surface area (Å²) < 4.78 is 10.00. The molecule has 1 aromatic heterocycles. The Labute approximate surface area is 105 Å². The van der Waals surface area contributed by atoms with Gasteiger partial charge in [0.15, 0.2) is 0 Å². The van der Waals surface area contributed by atoms with Gasteiger partial charge in [-0.05, 0) is 43.4 Å². The first kappa shape index (κ1) is 11.0. The first-order chi connectivity index (χ1) is 8.36. The molecule has 1 aromatic carbocycles. The third-order valence-corrected chi connectivity index (χ3v) is 4.02. The molecule has 1 saturated carbocycles. The Morgan fingerprint density at radius 2 is 2.24 bits per heavy atom. The van der Waals surface area contributed by atoms with Gasteiger partial charge in [-0.3, -0.25) is 0 Å². The second kappa shape index (κ2) is 4.63. The predicted octanol–water partition coefficient (Wildman–Crippen LogP) is 3.28. The van der Waals surface area contributed by atoms with Crippen LogP contribution < -0.4 is 5.32 Å². The molecular formula is C13H16N2OS. The molecule has 2 aromatic rings. The summed E-state index contributed by atoms with van der Waals surface area (Å²) in [6.07, 6.45) is 2.68. The molecule has 3 nitrogen and oxygen atoms in total. The van der Waals surface area contributed by atoms with Gasteiger partial charge in [0, 0.05) is 18.0 Å². The maximum absolute atomic E-state index is 5.56. The number of hydrogen-bond donors (Lipinski definition) is 1. The van der Waals surface area contributed by atoms with Crippen molar-refractivity contribution in [2.24, 2.45) is 0 Å². The number of benzene rings is 1. The molecule has 0 spiro atoms. The van der Waals surface area contributed by atoms with Crippen molar-refractivity contribution in [2.45, 2.75) is 31.9 Å². The molecule has 1 aliphatic carbocycles. The molecule has 1 aliphatic rings. The van der Waals surface area contributed by atoms with E-state index in [-0.39, 0.29) is 0 Å². The van der Waals surface area contributed by atoms with E-state index in [4.69, 9.17) is 4.74 Å². The standard InChI is InChI=1S/C13H16N2OS/c1-2-16-10-7-9(8-10)14-13-11-5-3-4-6-12(11)15-17-13/h3-6,9-10,14H,2,7-8H2,1H3. The molecule has 0 bridgehead atoms. The summed E-state index contributed by atoms with van der Waals surface area (Å²) in [5, 5.41) is 5.99. The first-order valence-corrected chi connectivity index (χ1v) is 6.86. The fourth-order valence-electron chi connectivity index (χ4n) is 2.23. The highest BCUT2D eigenvalue weighted by Crippen LogP contribution is 2.32. The molecule has 3 rings (SSSR count). The van der Waals surface area contributed by atoms with Gasteiger partial charge < -0.3 is 10.1 Å². The fraction of sp³-hybridized carbons (Fsp3) is 0.462. The van der Waals surface area contributed by atoms with E-state index in [0.717, 1.165) is 25.0 Å². The molecule has 1 N–H and O–H groups in total. The van der Waals surface area contributed by atoms with E-state index in [1.54, 1.807) is 11.5 Å². The highest BCUT2D eigenvalue weighted by atomic mass is 32.1. The van der Waals surface area contributed by atoms with Gasteiger partial charge in [0.05, 0.1) is 11.6 Å². The number of anilines is 1. The van der Waals surface area contributed by atoms with Gasteiger partial charge in [0.1, 0.15) is 5.00 Å². The molecule has 90 valence electrons. The minimum atomic E-state index is 0.455. The van der Waals surface area contributed by atoms with Crippen LogP contribution in [-0.2, 0) is 4.74 Å². The molecule has 4 heteroatoms. The molecular weight excluding hydrogens is 232 g/mol. The number of ether oxygens (including phenoxy) is 1. The lowest BCUT2D eigenvalue weighted by Crippen LogP contribution is -2.40. The van der Waals surface area contributed by atoms with Gasteiger partial charge in [-0.25, -0.2) is 0 Å². The Morgan fingerprint density at radius 3 is 3.06 bits per heavy atom. The van der Waals surface area contributed by atoms with E-state index >= 15 is 0 Å². The van der Waals surface area contributed by atoms with Crippen LogP contribution in [0.4, 0.5) is 5.00 Å². The minimum Gasteiger partial charge on any atom is -0.378 e. The molecule has 0 amide bonds. The third kappa shape index (κ3) is 2.15. The number of aromatic nitrogens is 1. The van der Waals surface area contributed by atoms with Crippen molar-refractivity contribution in [2.75, 3.05) is 11.9 Å². The summed E-state index contributed by atoms with van der Waals surface area (Å²) in [5.74, 6) is 0. The lowest BCUT2D eigenvalue weighted by Gasteiger charge is -2.35. The van der Waals surface area contributed by atoms with Crippen LogP contribution in [-0.4, -0.2) is 23.1 Å². The zero-order valence-corrected chi connectivity index (χ0v) is 10.7. The van der Waals surface area contributed by atoms with Gasteiger partial charge in [-0.2, -0.15) is 4.37 Å². The quantitative estimate of drug-likeness (QED) is 0.901. The second-order valence-corrected chi connectivity index (χ2v) is 5.19. The maximum atomic E-state index is 5.56. The molecule has 1 heterocycles. The summed E-state index contributed by atoms with van der Waals surface area (Å²) >= 11 is 1.55. The molecule has 0 saturated heterocycles. The highest BCUT2D eigenvalue weighted by Gasteiger charge is 2.29. The van der Waals surface area contributed by atoms with Crippen LogP contribution in [0.2, 0.25) is 0 Å². The molecule has 0 unspecified atom stereocenters. The van der Waals surface area contributed by atoms with Crippen molar-refractivity contribution < 1.29 is 4.74 Å². The number of hydrogen-bond acceptors (Lipinski definition) is 4. The highest BCUT2D eigenvalue weighted by molar-refractivity contribution is 7.11. The number of nitrogens with one attached hydrogen (secondary N) is 1. The van der Waals surface area contributed by atoms with E-state index in [2.05, 4.69) is 34.8 Å². The Bertz CT molecular complexity index is 505. The Morgan fingerprint density at radius 1 is 1.41 bits per heavy atom. The van der Waals surface area contributed by atoms with Gasteiger partial charge in [0.25, 0.3) is 0 Å². The van der Waals surface area contributed by atoms with Crippen molar-refractivity contribution in [3.05, 3.63) is 24.3 Å². The fourth-order valence-corrected chi connectivity index (χ4v) is 3.07. The van der Waals surface area contributed by atoms with Crippen LogP contribution in [0, 0.1) is 0 Å². The average Bonchev–Trinajstić information content (AvgIpc) is 2.70. The average molecular weight is 248 g/mol.